The van der Waals surface area contributed by atoms with E-state index in [0.29, 0.717) is 22.4 Å². The number of Topliss-reactive ketones (excluding diaryl/α,β-unsaturated/α-hetero) is 1. The van der Waals surface area contributed by atoms with Gasteiger partial charge in [-0.15, -0.1) is 11.3 Å². The Morgan fingerprint density at radius 3 is 2.47 bits per heavy atom. The van der Waals surface area contributed by atoms with Gasteiger partial charge in [0.15, 0.2) is 0 Å². The molecule has 1 atom stereocenters. The molecule has 1 unspecified atom stereocenters. The summed E-state index contributed by atoms with van der Waals surface area (Å²) in [4.78, 5) is 28.5. The van der Waals surface area contributed by atoms with Gasteiger partial charge in [-0.05, 0) is 66.2 Å². The molecule has 1 fully saturated rings. The molecule has 3 aromatic rings. The van der Waals surface area contributed by atoms with Crippen molar-refractivity contribution in [1.29, 1.82) is 0 Å². The van der Waals surface area contributed by atoms with Crippen LogP contribution in [0.2, 0.25) is 0 Å². The maximum Gasteiger partial charge on any atom is 0.295 e. The van der Waals surface area contributed by atoms with Gasteiger partial charge in [0.25, 0.3) is 11.7 Å². The molecule has 1 aliphatic rings. The highest BCUT2D eigenvalue weighted by atomic mass is 32.1. The number of ketones is 1. The van der Waals surface area contributed by atoms with E-state index in [1.807, 2.05) is 24.4 Å². The van der Waals surface area contributed by atoms with Crippen molar-refractivity contribution in [2.45, 2.75) is 26.4 Å². The molecule has 5 nitrogen and oxygen atoms in total. The zero-order valence-corrected chi connectivity index (χ0v) is 18.7. The molecule has 0 bridgehead atoms. The molecular weight excluding hydrogens is 429 g/mol. The van der Waals surface area contributed by atoms with Gasteiger partial charge in [0.1, 0.15) is 17.3 Å². The van der Waals surface area contributed by atoms with Crippen LogP contribution in [0.4, 0.5) is 4.39 Å². The van der Waals surface area contributed by atoms with E-state index in [1.54, 1.807) is 26.2 Å². The number of rotatable bonds is 5. The highest BCUT2D eigenvalue weighted by Crippen LogP contribution is 2.41. The lowest BCUT2D eigenvalue weighted by Gasteiger charge is -2.25. The Labute approximate surface area is 189 Å². The maximum atomic E-state index is 13.6. The number of benzene rings is 2. The van der Waals surface area contributed by atoms with Gasteiger partial charge in [0.2, 0.25) is 0 Å². The zero-order valence-electron chi connectivity index (χ0n) is 17.9. The van der Waals surface area contributed by atoms with E-state index in [4.69, 9.17) is 4.74 Å². The first-order chi connectivity index (χ1) is 15.3. The number of aryl methyl sites for hydroxylation is 2. The number of amides is 1. The van der Waals surface area contributed by atoms with Crippen LogP contribution in [0, 0.1) is 19.7 Å². The van der Waals surface area contributed by atoms with E-state index in [2.05, 4.69) is 0 Å². The van der Waals surface area contributed by atoms with E-state index in [-0.39, 0.29) is 17.9 Å². The Morgan fingerprint density at radius 2 is 1.84 bits per heavy atom. The van der Waals surface area contributed by atoms with Crippen LogP contribution in [0.3, 0.4) is 0 Å². The molecule has 0 spiro atoms. The van der Waals surface area contributed by atoms with Gasteiger partial charge >= 0.3 is 0 Å². The summed E-state index contributed by atoms with van der Waals surface area (Å²) in [6.45, 7) is 3.84. The number of aliphatic hydroxyl groups excluding tert-OH is 1. The van der Waals surface area contributed by atoms with Crippen LogP contribution in [0.5, 0.6) is 5.75 Å². The Morgan fingerprint density at radius 1 is 1.12 bits per heavy atom. The topological polar surface area (TPSA) is 66.8 Å². The highest BCUT2D eigenvalue weighted by molar-refractivity contribution is 7.09. The Kier molecular flexibility index (Phi) is 5.84. The molecule has 1 N–H and O–H groups in total. The van der Waals surface area contributed by atoms with Crippen molar-refractivity contribution >= 4 is 28.8 Å². The number of aliphatic hydroxyl groups is 1. The van der Waals surface area contributed by atoms with Gasteiger partial charge in [0, 0.05) is 10.4 Å². The summed E-state index contributed by atoms with van der Waals surface area (Å²) < 4.78 is 18.9. The lowest BCUT2D eigenvalue weighted by atomic mass is 9.93. The molecule has 0 saturated carbocycles. The van der Waals surface area contributed by atoms with Crippen LogP contribution in [0.1, 0.15) is 33.2 Å². The fraction of sp³-hybridized carbons (Fsp3) is 0.200. The second kappa shape index (κ2) is 8.59. The first-order valence-corrected chi connectivity index (χ1v) is 10.9. The van der Waals surface area contributed by atoms with Crippen molar-refractivity contribution < 1.29 is 23.8 Å². The third kappa shape index (κ3) is 3.80. The summed E-state index contributed by atoms with van der Waals surface area (Å²) in [6.07, 6.45) is 0. The Bertz CT molecular complexity index is 1220. The number of hydrogen-bond donors (Lipinski definition) is 1. The van der Waals surface area contributed by atoms with Gasteiger partial charge in [-0.1, -0.05) is 18.2 Å². The molecule has 1 aliphatic heterocycles. The van der Waals surface area contributed by atoms with Crippen LogP contribution < -0.4 is 4.74 Å². The van der Waals surface area contributed by atoms with E-state index in [0.717, 1.165) is 10.4 Å². The standard InChI is InChI=1S/C25H22FNO4S/c1-14-12-20(31-3)15(2)11-19(14)23(28)21-22(16-6-8-17(26)9-7-16)27(25(30)24(21)29)13-18-5-4-10-32-18/h4-12,22,28H,13H2,1-3H3/b23-21+. The molecule has 7 heteroatoms. The monoisotopic (exact) mass is 451 g/mol. The average molecular weight is 452 g/mol. The van der Waals surface area contributed by atoms with Crippen LogP contribution in [-0.4, -0.2) is 28.8 Å². The summed E-state index contributed by atoms with van der Waals surface area (Å²) in [6, 6.07) is 12.1. The van der Waals surface area contributed by atoms with Gasteiger partial charge < -0.3 is 14.7 Å². The van der Waals surface area contributed by atoms with Crippen molar-refractivity contribution in [2.75, 3.05) is 7.11 Å². The number of nitrogens with zero attached hydrogens (tertiary/aromatic N) is 1. The fourth-order valence-electron chi connectivity index (χ4n) is 4.01. The lowest BCUT2D eigenvalue weighted by Crippen LogP contribution is -2.28. The molecule has 0 radical (unpaired) electrons. The van der Waals surface area contributed by atoms with Gasteiger partial charge in [-0.25, -0.2) is 4.39 Å². The summed E-state index contributed by atoms with van der Waals surface area (Å²) >= 11 is 1.47. The maximum absolute atomic E-state index is 13.6. The highest BCUT2D eigenvalue weighted by Gasteiger charge is 2.46. The Hall–Kier alpha value is -3.45. The van der Waals surface area contributed by atoms with E-state index >= 15 is 0 Å². The number of carbonyl (C=O) groups excluding carboxylic acids is 2. The van der Waals surface area contributed by atoms with Crippen molar-refractivity contribution in [3.05, 3.63) is 92.4 Å². The van der Waals surface area contributed by atoms with E-state index < -0.39 is 23.5 Å². The second-order valence-corrected chi connectivity index (χ2v) is 8.73. The minimum atomic E-state index is -0.834. The number of likely N-dealkylation sites (tertiary alicyclic amines) is 1. The number of methoxy groups -OCH3 is 1. The van der Waals surface area contributed by atoms with Crippen molar-refractivity contribution in [1.82, 2.24) is 4.90 Å². The molecular formula is C25H22FNO4S. The predicted octanol–water partition coefficient (Wildman–Crippen LogP) is 5.13. The summed E-state index contributed by atoms with van der Waals surface area (Å²) in [5, 5.41) is 13.2. The van der Waals surface area contributed by atoms with Gasteiger partial charge in [0.05, 0.1) is 25.3 Å². The van der Waals surface area contributed by atoms with Crippen molar-refractivity contribution in [3.63, 3.8) is 0 Å². The SMILES string of the molecule is COc1cc(C)c(/C(O)=C2\C(=O)C(=O)N(Cc3cccs3)C2c2ccc(F)cc2)cc1C. The number of thiophene rings is 1. The second-order valence-electron chi connectivity index (χ2n) is 7.69. The number of carbonyl (C=O) groups is 2. The molecule has 4 rings (SSSR count). The van der Waals surface area contributed by atoms with Crippen molar-refractivity contribution in [2.24, 2.45) is 0 Å². The minimum Gasteiger partial charge on any atom is -0.507 e. The molecule has 1 aromatic heterocycles. The van der Waals surface area contributed by atoms with E-state index in [1.165, 1.54) is 40.5 Å². The van der Waals surface area contributed by atoms with Crippen molar-refractivity contribution in [3.8, 4) is 5.75 Å². The Balaban J connectivity index is 1.90. The lowest BCUT2D eigenvalue weighted by molar-refractivity contribution is -0.140. The molecule has 1 amide bonds. The number of hydrogen-bond acceptors (Lipinski definition) is 5. The summed E-state index contributed by atoms with van der Waals surface area (Å²) in [5.41, 5.74) is 2.47. The smallest absolute Gasteiger partial charge is 0.295 e. The first-order valence-electron chi connectivity index (χ1n) is 10.0. The average Bonchev–Trinajstić information content (AvgIpc) is 3.37. The molecule has 2 aromatic carbocycles. The van der Waals surface area contributed by atoms with Crippen LogP contribution >= 0.6 is 11.3 Å². The third-order valence-corrected chi connectivity index (χ3v) is 6.49. The fourth-order valence-corrected chi connectivity index (χ4v) is 4.72. The van der Waals surface area contributed by atoms with Gasteiger partial charge in [-0.2, -0.15) is 0 Å². The quantitative estimate of drug-likeness (QED) is 0.332. The predicted molar refractivity (Wildman–Crippen MR) is 121 cm³/mol. The summed E-state index contributed by atoms with van der Waals surface area (Å²) in [7, 11) is 1.56. The number of halogens is 1. The largest absolute Gasteiger partial charge is 0.507 e. The van der Waals surface area contributed by atoms with Crippen LogP contribution in [0.25, 0.3) is 5.76 Å². The molecule has 1 saturated heterocycles. The molecule has 164 valence electrons. The molecule has 0 aliphatic carbocycles. The normalized spacial score (nSPS) is 17.8. The summed E-state index contributed by atoms with van der Waals surface area (Å²) in [5.74, 6) is -1.48. The van der Waals surface area contributed by atoms with E-state index in [9.17, 15) is 19.1 Å². The van der Waals surface area contributed by atoms with Gasteiger partial charge in [-0.3, -0.25) is 9.59 Å². The third-order valence-electron chi connectivity index (χ3n) is 5.63. The molecule has 2 heterocycles. The zero-order chi connectivity index (χ0) is 23.0. The van der Waals surface area contributed by atoms with Crippen LogP contribution in [0.15, 0.2) is 59.5 Å². The number of ether oxygens (including phenoxy) is 1. The first kappa shape index (κ1) is 21.8. The van der Waals surface area contributed by atoms with Crippen LogP contribution in [-0.2, 0) is 16.1 Å². The molecule has 32 heavy (non-hydrogen) atoms. The minimum absolute atomic E-state index is 0.00849.